The van der Waals surface area contributed by atoms with E-state index in [4.69, 9.17) is 0 Å². The number of rotatable bonds is 7. The number of nitrogens with one attached hydrogen (secondary N) is 1. The lowest BCUT2D eigenvalue weighted by molar-refractivity contribution is 0.456. The highest BCUT2D eigenvalue weighted by Gasteiger charge is 2.03. The number of hydrogen-bond acceptors (Lipinski definition) is 1. The van der Waals surface area contributed by atoms with E-state index in [0.717, 1.165) is 19.5 Å². The van der Waals surface area contributed by atoms with Crippen LogP contribution in [0.25, 0.3) is 0 Å². The van der Waals surface area contributed by atoms with Crippen molar-refractivity contribution in [2.24, 2.45) is 0 Å². The molecule has 0 aromatic heterocycles. The molecule has 0 aliphatic carbocycles. The molecular weight excluding hydrogens is 189 g/mol. The minimum absolute atomic E-state index is 0.221. The van der Waals surface area contributed by atoms with Gasteiger partial charge < -0.3 is 5.32 Å². The Balaban J connectivity index is 2.16. The zero-order valence-electron chi connectivity index (χ0n) is 9.38. The fraction of sp³-hybridized carbons (Fsp3) is 0.538. The molecule has 0 fully saturated rings. The molecule has 84 valence electrons. The Morgan fingerprint density at radius 3 is 2.60 bits per heavy atom. The van der Waals surface area contributed by atoms with Crippen LogP contribution in [0.2, 0.25) is 0 Å². The Hall–Kier alpha value is -0.890. The van der Waals surface area contributed by atoms with Crippen molar-refractivity contribution in [2.45, 2.75) is 25.7 Å². The lowest BCUT2D eigenvalue weighted by Crippen LogP contribution is -2.18. The van der Waals surface area contributed by atoms with Gasteiger partial charge in [0.15, 0.2) is 0 Å². The highest BCUT2D eigenvalue weighted by Crippen LogP contribution is 2.17. The van der Waals surface area contributed by atoms with Crippen molar-refractivity contribution < 1.29 is 4.39 Å². The van der Waals surface area contributed by atoms with E-state index in [9.17, 15) is 4.39 Å². The molecule has 0 radical (unpaired) electrons. The van der Waals surface area contributed by atoms with Gasteiger partial charge in [0.1, 0.15) is 0 Å². The molecular formula is C13H20FN. The zero-order chi connectivity index (χ0) is 10.9. The highest BCUT2D eigenvalue weighted by atomic mass is 19.1. The molecule has 0 saturated carbocycles. The van der Waals surface area contributed by atoms with Gasteiger partial charge in [-0.05, 0) is 37.4 Å². The molecule has 0 bridgehead atoms. The van der Waals surface area contributed by atoms with Gasteiger partial charge in [-0.2, -0.15) is 0 Å². The number of hydrogen-bond donors (Lipinski definition) is 1. The molecule has 15 heavy (non-hydrogen) atoms. The van der Waals surface area contributed by atoms with Crippen LogP contribution in [0, 0.1) is 0 Å². The molecule has 1 aromatic rings. The number of halogens is 1. The third kappa shape index (κ3) is 4.93. The molecule has 1 N–H and O–H groups in total. The lowest BCUT2D eigenvalue weighted by atomic mass is 9.98. The summed E-state index contributed by atoms with van der Waals surface area (Å²) in [7, 11) is 0. The van der Waals surface area contributed by atoms with Crippen LogP contribution in [0.15, 0.2) is 30.3 Å². The maximum absolute atomic E-state index is 11.8. The quantitative estimate of drug-likeness (QED) is 0.680. The first-order chi connectivity index (χ1) is 7.34. The van der Waals surface area contributed by atoms with Crippen molar-refractivity contribution in [2.75, 3.05) is 19.8 Å². The fourth-order valence-electron chi connectivity index (χ4n) is 1.58. The second-order valence-electron chi connectivity index (χ2n) is 3.89. The monoisotopic (exact) mass is 209 g/mol. The predicted octanol–water partition coefficient (Wildman–Crippen LogP) is 3.13. The lowest BCUT2D eigenvalue weighted by Gasteiger charge is -2.11. The van der Waals surface area contributed by atoms with Gasteiger partial charge in [0.05, 0.1) is 6.67 Å². The van der Waals surface area contributed by atoms with Gasteiger partial charge in [0.2, 0.25) is 0 Å². The maximum atomic E-state index is 11.8. The molecule has 0 spiro atoms. The molecule has 2 heteroatoms. The summed E-state index contributed by atoms with van der Waals surface area (Å²) in [5, 5.41) is 3.25. The first-order valence-corrected chi connectivity index (χ1v) is 5.66. The molecule has 0 aliphatic heterocycles. The number of alkyl halides is 1. The van der Waals surface area contributed by atoms with Crippen LogP contribution in [0.3, 0.4) is 0 Å². The van der Waals surface area contributed by atoms with E-state index < -0.39 is 0 Å². The molecule has 1 rings (SSSR count). The van der Waals surface area contributed by atoms with Crippen molar-refractivity contribution in [3.8, 4) is 0 Å². The summed E-state index contributed by atoms with van der Waals surface area (Å²) in [5.74, 6) is 0.573. The Labute approximate surface area is 91.7 Å². The molecule has 0 saturated heterocycles. The summed E-state index contributed by atoms with van der Waals surface area (Å²) < 4.78 is 11.8. The van der Waals surface area contributed by atoms with Gasteiger partial charge in [-0.3, -0.25) is 4.39 Å². The van der Waals surface area contributed by atoms with E-state index in [1.165, 1.54) is 5.56 Å². The SMILES string of the molecule is CC(CCNCCCF)c1ccccc1. The Morgan fingerprint density at radius 2 is 1.93 bits per heavy atom. The van der Waals surface area contributed by atoms with Gasteiger partial charge in [0, 0.05) is 0 Å². The first kappa shape index (κ1) is 12.2. The van der Waals surface area contributed by atoms with E-state index in [1.54, 1.807) is 0 Å². The van der Waals surface area contributed by atoms with Crippen molar-refractivity contribution in [1.29, 1.82) is 0 Å². The van der Waals surface area contributed by atoms with Crippen molar-refractivity contribution in [3.05, 3.63) is 35.9 Å². The van der Waals surface area contributed by atoms with E-state index in [2.05, 4.69) is 36.5 Å². The molecule has 1 unspecified atom stereocenters. The predicted molar refractivity (Wildman–Crippen MR) is 62.9 cm³/mol. The van der Waals surface area contributed by atoms with Crippen LogP contribution in [0.4, 0.5) is 4.39 Å². The molecule has 1 aromatic carbocycles. The Kier molecular flexibility index (Phi) is 6.02. The standard InChI is InChI=1S/C13H20FN/c1-12(8-11-15-10-5-9-14)13-6-3-2-4-7-13/h2-4,6-7,12,15H,5,8-11H2,1H3. The highest BCUT2D eigenvalue weighted by molar-refractivity contribution is 5.18. The maximum Gasteiger partial charge on any atom is 0.0906 e. The van der Waals surface area contributed by atoms with Crippen LogP contribution in [-0.2, 0) is 0 Å². The van der Waals surface area contributed by atoms with Crippen molar-refractivity contribution >= 4 is 0 Å². The smallest absolute Gasteiger partial charge is 0.0906 e. The van der Waals surface area contributed by atoms with Crippen molar-refractivity contribution in [1.82, 2.24) is 5.32 Å². The van der Waals surface area contributed by atoms with Crippen LogP contribution in [0.5, 0.6) is 0 Å². The van der Waals surface area contributed by atoms with Gasteiger partial charge >= 0.3 is 0 Å². The molecule has 0 heterocycles. The average molecular weight is 209 g/mol. The Bertz CT molecular complexity index is 248. The van der Waals surface area contributed by atoms with Crippen LogP contribution < -0.4 is 5.32 Å². The van der Waals surface area contributed by atoms with E-state index >= 15 is 0 Å². The third-order valence-electron chi connectivity index (χ3n) is 2.61. The van der Waals surface area contributed by atoms with E-state index in [1.807, 2.05) is 6.07 Å². The van der Waals surface area contributed by atoms with Gasteiger partial charge in [-0.25, -0.2) is 0 Å². The largest absolute Gasteiger partial charge is 0.317 e. The number of benzene rings is 1. The van der Waals surface area contributed by atoms with Crippen LogP contribution >= 0.6 is 0 Å². The van der Waals surface area contributed by atoms with E-state index in [-0.39, 0.29) is 6.67 Å². The minimum atomic E-state index is -0.221. The first-order valence-electron chi connectivity index (χ1n) is 5.66. The molecule has 1 atom stereocenters. The van der Waals surface area contributed by atoms with Gasteiger partial charge in [-0.1, -0.05) is 37.3 Å². The third-order valence-corrected chi connectivity index (χ3v) is 2.61. The topological polar surface area (TPSA) is 12.0 Å². The summed E-state index contributed by atoms with van der Waals surface area (Å²) in [6.07, 6.45) is 1.73. The molecule has 1 nitrogen and oxygen atoms in total. The molecule has 0 amide bonds. The van der Waals surface area contributed by atoms with Gasteiger partial charge in [0.25, 0.3) is 0 Å². The second kappa shape index (κ2) is 7.41. The fourth-order valence-corrected chi connectivity index (χ4v) is 1.58. The average Bonchev–Trinajstić information content (AvgIpc) is 2.30. The summed E-state index contributed by atoms with van der Waals surface area (Å²) in [5.41, 5.74) is 1.38. The summed E-state index contributed by atoms with van der Waals surface area (Å²) in [6, 6.07) is 10.5. The molecule has 0 aliphatic rings. The van der Waals surface area contributed by atoms with Crippen LogP contribution in [0.1, 0.15) is 31.2 Å². The Morgan fingerprint density at radius 1 is 1.20 bits per heavy atom. The second-order valence-corrected chi connectivity index (χ2v) is 3.89. The normalized spacial score (nSPS) is 12.7. The summed E-state index contributed by atoms with van der Waals surface area (Å²) in [4.78, 5) is 0. The zero-order valence-corrected chi connectivity index (χ0v) is 9.38. The van der Waals surface area contributed by atoms with Gasteiger partial charge in [-0.15, -0.1) is 0 Å². The minimum Gasteiger partial charge on any atom is -0.317 e. The van der Waals surface area contributed by atoms with Crippen LogP contribution in [-0.4, -0.2) is 19.8 Å². The van der Waals surface area contributed by atoms with E-state index in [0.29, 0.717) is 12.3 Å². The van der Waals surface area contributed by atoms with Crippen molar-refractivity contribution in [3.63, 3.8) is 0 Å². The summed E-state index contributed by atoms with van der Waals surface area (Å²) in [6.45, 7) is 3.77. The summed E-state index contributed by atoms with van der Waals surface area (Å²) >= 11 is 0.